The number of benzene rings is 2. The Labute approximate surface area is 205 Å². The van der Waals surface area contributed by atoms with Crippen LogP contribution in [0, 0.1) is 13.8 Å². The Bertz CT molecular complexity index is 1110. The molecule has 1 aliphatic heterocycles. The molecular formula is C25H30N4O4S. The third kappa shape index (κ3) is 5.92. The molecule has 0 aromatic heterocycles. The van der Waals surface area contributed by atoms with E-state index in [2.05, 4.69) is 16.0 Å². The number of nitrogens with one attached hydrogen (secondary N) is 3. The van der Waals surface area contributed by atoms with Gasteiger partial charge < -0.3 is 30.3 Å². The van der Waals surface area contributed by atoms with Crippen LogP contribution in [0.25, 0.3) is 0 Å². The second kappa shape index (κ2) is 11.1. The van der Waals surface area contributed by atoms with Gasteiger partial charge in [0.15, 0.2) is 5.11 Å². The number of carbonyl (C=O) groups is 2. The predicted molar refractivity (Wildman–Crippen MR) is 137 cm³/mol. The van der Waals surface area contributed by atoms with Crippen LogP contribution in [0.2, 0.25) is 0 Å². The fourth-order valence-electron chi connectivity index (χ4n) is 3.52. The lowest BCUT2D eigenvalue weighted by molar-refractivity contribution is -0.140. The number of ether oxygens (including phenoxy) is 2. The molecule has 1 heterocycles. The first-order valence-electron chi connectivity index (χ1n) is 10.9. The number of thiocarbonyl (C=S) groups is 1. The Morgan fingerprint density at radius 2 is 1.65 bits per heavy atom. The summed E-state index contributed by atoms with van der Waals surface area (Å²) in [6.07, 6.45) is 0. The van der Waals surface area contributed by atoms with Gasteiger partial charge in [-0.15, -0.1) is 0 Å². The van der Waals surface area contributed by atoms with Gasteiger partial charge in [-0.3, -0.25) is 0 Å². The van der Waals surface area contributed by atoms with Crippen molar-refractivity contribution in [3.63, 3.8) is 0 Å². The first-order chi connectivity index (χ1) is 16.2. The molecule has 2 amide bonds. The van der Waals surface area contributed by atoms with Crippen molar-refractivity contribution in [1.82, 2.24) is 10.2 Å². The van der Waals surface area contributed by atoms with Crippen LogP contribution in [0.1, 0.15) is 29.7 Å². The molecule has 2 aromatic carbocycles. The van der Waals surface area contributed by atoms with E-state index in [0.717, 1.165) is 22.4 Å². The highest BCUT2D eigenvalue weighted by Gasteiger charge is 2.33. The lowest BCUT2D eigenvalue weighted by Crippen LogP contribution is -2.46. The highest BCUT2D eigenvalue weighted by molar-refractivity contribution is 7.80. The van der Waals surface area contributed by atoms with E-state index in [1.54, 1.807) is 31.2 Å². The maximum absolute atomic E-state index is 12.8. The second-order valence-electron chi connectivity index (χ2n) is 8.07. The zero-order valence-corrected chi connectivity index (χ0v) is 20.8. The van der Waals surface area contributed by atoms with Gasteiger partial charge in [-0.2, -0.15) is 0 Å². The van der Waals surface area contributed by atoms with Crippen molar-refractivity contribution < 1.29 is 19.1 Å². The monoisotopic (exact) mass is 482 g/mol. The molecule has 0 saturated carbocycles. The molecule has 2 aromatic rings. The van der Waals surface area contributed by atoms with Crippen molar-refractivity contribution in [2.75, 3.05) is 38.0 Å². The highest BCUT2D eigenvalue weighted by Crippen LogP contribution is 2.31. The number of hydrogen-bond donors (Lipinski definition) is 3. The summed E-state index contributed by atoms with van der Waals surface area (Å²) in [6, 6.07) is 12.2. The van der Waals surface area contributed by atoms with Gasteiger partial charge in [0.05, 0.1) is 18.2 Å². The van der Waals surface area contributed by atoms with Crippen LogP contribution in [-0.4, -0.2) is 49.4 Å². The molecule has 34 heavy (non-hydrogen) atoms. The summed E-state index contributed by atoms with van der Waals surface area (Å²) in [5.41, 5.74) is 5.60. The third-order valence-electron chi connectivity index (χ3n) is 5.76. The molecular weight excluding hydrogens is 452 g/mol. The molecule has 3 N–H and O–H groups in total. The van der Waals surface area contributed by atoms with E-state index in [9.17, 15) is 9.59 Å². The van der Waals surface area contributed by atoms with Crippen molar-refractivity contribution in [2.45, 2.75) is 26.8 Å². The zero-order chi connectivity index (χ0) is 24.8. The largest absolute Gasteiger partial charge is 0.460 e. The molecule has 0 bridgehead atoms. The number of methoxy groups -OCH3 is 1. The normalized spacial score (nSPS) is 15.6. The molecule has 1 atom stereocenters. The van der Waals surface area contributed by atoms with Gasteiger partial charge in [0.2, 0.25) is 0 Å². The van der Waals surface area contributed by atoms with Crippen LogP contribution in [0.15, 0.2) is 53.7 Å². The number of allylic oxidation sites excluding steroid dienone is 1. The Morgan fingerprint density at radius 3 is 2.29 bits per heavy atom. The number of urea groups is 1. The molecule has 3 rings (SSSR count). The van der Waals surface area contributed by atoms with Crippen LogP contribution in [0.3, 0.4) is 0 Å². The van der Waals surface area contributed by atoms with Gasteiger partial charge in [-0.1, -0.05) is 18.2 Å². The molecule has 0 saturated heterocycles. The molecule has 0 fully saturated rings. The van der Waals surface area contributed by atoms with Gasteiger partial charge in [-0.25, -0.2) is 9.59 Å². The molecule has 1 aliphatic rings. The predicted octanol–water partition coefficient (Wildman–Crippen LogP) is 4.27. The Hall–Kier alpha value is -3.43. The van der Waals surface area contributed by atoms with Crippen molar-refractivity contribution in [3.8, 4) is 0 Å². The smallest absolute Gasteiger partial charge is 0.338 e. The Kier molecular flexibility index (Phi) is 8.25. The van der Waals surface area contributed by atoms with E-state index in [1.807, 2.05) is 51.1 Å². The number of rotatable bonds is 7. The first kappa shape index (κ1) is 25.2. The van der Waals surface area contributed by atoms with Gasteiger partial charge in [0, 0.05) is 31.2 Å². The zero-order valence-electron chi connectivity index (χ0n) is 20.0. The molecule has 1 unspecified atom stereocenters. The Morgan fingerprint density at radius 1 is 1.00 bits per heavy atom. The van der Waals surface area contributed by atoms with E-state index in [1.165, 1.54) is 0 Å². The molecule has 8 nitrogen and oxygen atoms in total. The summed E-state index contributed by atoms with van der Waals surface area (Å²) < 4.78 is 10.3. The lowest BCUT2D eigenvalue weighted by Gasteiger charge is -2.35. The highest BCUT2D eigenvalue weighted by atomic mass is 32.1. The topological polar surface area (TPSA) is 91.9 Å². The minimum Gasteiger partial charge on any atom is -0.460 e. The quantitative estimate of drug-likeness (QED) is 0.308. The maximum atomic E-state index is 12.8. The van der Waals surface area contributed by atoms with Crippen molar-refractivity contribution in [2.24, 2.45) is 0 Å². The fraction of sp³-hybridized carbons (Fsp3) is 0.320. The second-order valence-corrected chi connectivity index (χ2v) is 8.46. The number of hydrogen-bond acceptors (Lipinski definition) is 5. The Balaban J connectivity index is 1.74. The SMILES string of the molecule is COCCOC(=O)C1=C(C)N(C)C(=S)NC1c1ccc(NC(=O)Nc2ccc(C)c(C)c2)cc1. The summed E-state index contributed by atoms with van der Waals surface area (Å²) in [5, 5.41) is 9.37. The number of anilines is 2. The van der Waals surface area contributed by atoms with Gasteiger partial charge >= 0.3 is 12.0 Å². The van der Waals surface area contributed by atoms with Crippen molar-refractivity contribution >= 4 is 40.7 Å². The number of esters is 1. The van der Waals surface area contributed by atoms with Crippen molar-refractivity contribution in [3.05, 3.63) is 70.4 Å². The van der Waals surface area contributed by atoms with Crippen molar-refractivity contribution in [1.29, 1.82) is 0 Å². The molecule has 9 heteroatoms. The van der Waals surface area contributed by atoms with E-state index in [4.69, 9.17) is 21.7 Å². The fourth-order valence-corrected chi connectivity index (χ4v) is 3.77. The molecule has 180 valence electrons. The van der Waals surface area contributed by atoms with Gasteiger partial charge in [-0.05, 0) is 73.9 Å². The average Bonchev–Trinajstić information content (AvgIpc) is 2.80. The van der Waals surface area contributed by atoms with E-state index < -0.39 is 12.0 Å². The van der Waals surface area contributed by atoms with E-state index >= 15 is 0 Å². The van der Waals surface area contributed by atoms with Crippen LogP contribution in [-0.2, 0) is 14.3 Å². The minimum atomic E-state index is -0.475. The van der Waals surface area contributed by atoms with Crippen LogP contribution < -0.4 is 16.0 Å². The van der Waals surface area contributed by atoms with Gasteiger partial charge in [0.25, 0.3) is 0 Å². The first-order valence-corrected chi connectivity index (χ1v) is 11.3. The molecule has 0 spiro atoms. The van der Waals surface area contributed by atoms with Crippen LogP contribution in [0.5, 0.6) is 0 Å². The third-order valence-corrected chi connectivity index (χ3v) is 6.15. The average molecular weight is 483 g/mol. The van der Waals surface area contributed by atoms with E-state index in [0.29, 0.717) is 28.7 Å². The number of carbonyl (C=O) groups excluding carboxylic acids is 2. The van der Waals surface area contributed by atoms with Crippen LogP contribution in [0.4, 0.5) is 16.2 Å². The maximum Gasteiger partial charge on any atom is 0.338 e. The summed E-state index contributed by atoms with van der Waals surface area (Å²) >= 11 is 5.43. The molecule has 0 radical (unpaired) electrons. The van der Waals surface area contributed by atoms with E-state index in [-0.39, 0.29) is 12.6 Å². The van der Waals surface area contributed by atoms with Crippen LogP contribution >= 0.6 is 12.2 Å². The minimum absolute atomic E-state index is 0.158. The number of aryl methyl sites for hydroxylation is 2. The standard InChI is InChI=1S/C25H30N4O4S/c1-15-6-9-20(14-16(15)2)27-24(31)26-19-10-7-18(8-11-19)22-21(23(30)33-13-12-32-5)17(3)29(4)25(34)28-22/h6-11,14,22H,12-13H2,1-5H3,(H,28,34)(H2,26,27,31). The van der Waals surface area contributed by atoms with Gasteiger partial charge in [0.1, 0.15) is 6.61 Å². The number of nitrogens with zero attached hydrogens (tertiary/aromatic N) is 1. The summed E-state index contributed by atoms with van der Waals surface area (Å²) in [7, 11) is 3.34. The summed E-state index contributed by atoms with van der Waals surface area (Å²) in [6.45, 7) is 6.33. The summed E-state index contributed by atoms with van der Waals surface area (Å²) in [5.74, 6) is -0.434. The molecule has 0 aliphatic carbocycles. The number of amides is 2. The summed E-state index contributed by atoms with van der Waals surface area (Å²) in [4.78, 5) is 27.0. The lowest BCUT2D eigenvalue weighted by atomic mass is 9.95.